The van der Waals surface area contributed by atoms with Crippen molar-refractivity contribution in [2.75, 3.05) is 6.61 Å². The molecule has 0 atom stereocenters. The Hall–Kier alpha value is -2.36. The molecule has 0 amide bonds. The summed E-state index contributed by atoms with van der Waals surface area (Å²) in [5.41, 5.74) is 0.760. The fourth-order valence-electron chi connectivity index (χ4n) is 1.88. The zero-order valence-electron chi connectivity index (χ0n) is 10.7. The normalized spacial score (nSPS) is 11.0. The Balaban J connectivity index is 2.27. The lowest BCUT2D eigenvalue weighted by molar-refractivity contribution is -0.137. The topological polar surface area (TPSA) is 48.3 Å². The molecule has 4 heteroatoms. The van der Waals surface area contributed by atoms with Crippen molar-refractivity contribution in [1.82, 2.24) is 4.57 Å². The fraction of sp³-hybridized carbons (Fsp3) is 0.200. The lowest BCUT2D eigenvalue weighted by atomic mass is 10.2. The molecule has 0 fully saturated rings. The largest absolute Gasteiger partial charge is 0.463 e. The van der Waals surface area contributed by atoms with Gasteiger partial charge in [0.15, 0.2) is 0 Å². The number of benzene rings is 1. The van der Waals surface area contributed by atoms with Gasteiger partial charge in [0.05, 0.1) is 12.1 Å². The number of carbonyl (C=O) groups excluding carboxylic acids is 1. The van der Waals surface area contributed by atoms with Crippen LogP contribution in [-0.2, 0) is 16.1 Å². The minimum Gasteiger partial charge on any atom is -0.463 e. The molecule has 4 nitrogen and oxygen atoms in total. The molecule has 0 aliphatic rings. The summed E-state index contributed by atoms with van der Waals surface area (Å²) in [6.07, 6.45) is 2.98. The number of pyridine rings is 1. The molecule has 0 radical (unpaired) electrons. The summed E-state index contributed by atoms with van der Waals surface area (Å²) in [6, 6.07) is 11.0. The van der Waals surface area contributed by atoms with Gasteiger partial charge in [-0.25, -0.2) is 4.79 Å². The summed E-state index contributed by atoms with van der Waals surface area (Å²) < 4.78 is 6.40. The molecule has 1 heterocycles. The Bertz CT molecular complexity index is 670. The number of rotatable bonds is 4. The van der Waals surface area contributed by atoms with Crippen LogP contribution in [0.3, 0.4) is 0 Å². The molecule has 2 aromatic rings. The average molecular weight is 257 g/mol. The van der Waals surface area contributed by atoms with Gasteiger partial charge in [-0.1, -0.05) is 24.3 Å². The predicted molar refractivity (Wildman–Crippen MR) is 74.0 cm³/mol. The van der Waals surface area contributed by atoms with Crippen LogP contribution in [0.25, 0.3) is 10.9 Å². The van der Waals surface area contributed by atoms with Gasteiger partial charge in [0, 0.05) is 18.7 Å². The number of fused-ring (bicyclic) bond motifs is 1. The van der Waals surface area contributed by atoms with Gasteiger partial charge in [-0.05, 0) is 24.4 Å². The third kappa shape index (κ3) is 3.10. The Morgan fingerprint density at radius 3 is 2.84 bits per heavy atom. The van der Waals surface area contributed by atoms with E-state index in [-0.39, 0.29) is 5.56 Å². The smallest absolute Gasteiger partial charge is 0.330 e. The summed E-state index contributed by atoms with van der Waals surface area (Å²) in [6.45, 7) is 2.44. The van der Waals surface area contributed by atoms with Crippen molar-refractivity contribution >= 4 is 16.9 Å². The first kappa shape index (κ1) is 13.1. The Morgan fingerprint density at radius 2 is 2.05 bits per heavy atom. The van der Waals surface area contributed by atoms with Gasteiger partial charge in [0.2, 0.25) is 0 Å². The van der Waals surface area contributed by atoms with Crippen LogP contribution in [0.15, 0.2) is 53.3 Å². The predicted octanol–water partition coefficient (Wildman–Crippen LogP) is 2.12. The fourth-order valence-corrected chi connectivity index (χ4v) is 1.88. The van der Waals surface area contributed by atoms with Crippen LogP contribution in [0.1, 0.15) is 6.92 Å². The molecular formula is C15H15NO3. The summed E-state index contributed by atoms with van der Waals surface area (Å²) in [7, 11) is 0. The van der Waals surface area contributed by atoms with Gasteiger partial charge in [0.1, 0.15) is 0 Å². The third-order valence-corrected chi connectivity index (χ3v) is 2.73. The van der Waals surface area contributed by atoms with Crippen molar-refractivity contribution in [1.29, 1.82) is 0 Å². The first-order valence-corrected chi connectivity index (χ1v) is 6.14. The molecule has 19 heavy (non-hydrogen) atoms. The molecule has 0 unspecified atom stereocenters. The third-order valence-electron chi connectivity index (χ3n) is 2.73. The molecule has 2 rings (SSSR count). The first-order valence-electron chi connectivity index (χ1n) is 6.14. The van der Waals surface area contributed by atoms with E-state index in [9.17, 15) is 9.59 Å². The first-order chi connectivity index (χ1) is 9.22. The van der Waals surface area contributed by atoms with Crippen LogP contribution >= 0.6 is 0 Å². The molecular weight excluding hydrogens is 242 g/mol. The van der Waals surface area contributed by atoms with Gasteiger partial charge < -0.3 is 9.30 Å². The summed E-state index contributed by atoms with van der Waals surface area (Å²) in [5.74, 6) is -0.393. The number of esters is 1. The van der Waals surface area contributed by atoms with E-state index in [1.165, 1.54) is 12.1 Å². The van der Waals surface area contributed by atoms with E-state index in [0.717, 1.165) is 10.9 Å². The average Bonchev–Trinajstić information content (AvgIpc) is 2.41. The SMILES string of the molecule is CCOC(=O)/C=C/Cn1c(=O)ccc2ccccc21. The van der Waals surface area contributed by atoms with Crippen molar-refractivity contribution < 1.29 is 9.53 Å². The summed E-state index contributed by atoms with van der Waals surface area (Å²) in [5, 5.41) is 0.992. The number of hydrogen-bond acceptors (Lipinski definition) is 3. The van der Waals surface area contributed by atoms with Crippen LogP contribution in [-0.4, -0.2) is 17.1 Å². The Kier molecular flexibility index (Phi) is 4.13. The molecule has 0 aliphatic carbocycles. The second kappa shape index (κ2) is 6.00. The Labute approximate surface area is 110 Å². The number of allylic oxidation sites excluding steroid dienone is 1. The maximum Gasteiger partial charge on any atom is 0.330 e. The van der Waals surface area contributed by atoms with Crippen molar-refractivity contribution in [3.05, 3.63) is 58.9 Å². The molecule has 98 valence electrons. The Morgan fingerprint density at radius 1 is 1.26 bits per heavy atom. The standard InChI is InChI=1S/C15H15NO3/c1-2-19-15(18)8-5-11-16-13-7-4-3-6-12(13)9-10-14(16)17/h3-10H,2,11H2,1H3/b8-5+. The highest BCUT2D eigenvalue weighted by Gasteiger charge is 2.00. The van der Waals surface area contributed by atoms with Crippen molar-refractivity contribution in [2.24, 2.45) is 0 Å². The van der Waals surface area contributed by atoms with Crippen LogP contribution in [0, 0.1) is 0 Å². The van der Waals surface area contributed by atoms with E-state index in [1.807, 2.05) is 24.3 Å². The van der Waals surface area contributed by atoms with Gasteiger partial charge in [-0.2, -0.15) is 0 Å². The number of hydrogen-bond donors (Lipinski definition) is 0. The minimum atomic E-state index is -0.393. The number of para-hydroxylation sites is 1. The van der Waals surface area contributed by atoms with E-state index in [2.05, 4.69) is 0 Å². The van der Waals surface area contributed by atoms with E-state index >= 15 is 0 Å². The van der Waals surface area contributed by atoms with Crippen LogP contribution in [0.4, 0.5) is 0 Å². The summed E-state index contributed by atoms with van der Waals surface area (Å²) >= 11 is 0. The summed E-state index contributed by atoms with van der Waals surface area (Å²) in [4.78, 5) is 23.0. The lowest BCUT2D eigenvalue weighted by Crippen LogP contribution is -2.18. The van der Waals surface area contributed by atoms with Crippen molar-refractivity contribution in [2.45, 2.75) is 13.5 Å². The zero-order valence-corrected chi connectivity index (χ0v) is 10.7. The van der Waals surface area contributed by atoms with Gasteiger partial charge >= 0.3 is 5.97 Å². The molecule has 0 spiro atoms. The highest BCUT2D eigenvalue weighted by Crippen LogP contribution is 2.10. The van der Waals surface area contributed by atoms with Crippen LogP contribution in [0.2, 0.25) is 0 Å². The highest BCUT2D eigenvalue weighted by atomic mass is 16.5. The molecule has 0 saturated carbocycles. The van der Waals surface area contributed by atoms with E-state index in [0.29, 0.717) is 13.2 Å². The zero-order chi connectivity index (χ0) is 13.7. The second-order valence-electron chi connectivity index (χ2n) is 4.00. The van der Waals surface area contributed by atoms with Crippen LogP contribution in [0.5, 0.6) is 0 Å². The van der Waals surface area contributed by atoms with Gasteiger partial charge in [-0.15, -0.1) is 0 Å². The van der Waals surface area contributed by atoms with Crippen molar-refractivity contribution in [3.63, 3.8) is 0 Å². The molecule has 0 N–H and O–H groups in total. The van der Waals surface area contributed by atoms with Gasteiger partial charge in [-0.3, -0.25) is 4.79 Å². The van der Waals surface area contributed by atoms with Crippen LogP contribution < -0.4 is 5.56 Å². The molecule has 1 aromatic carbocycles. The number of ether oxygens (including phenoxy) is 1. The number of carbonyl (C=O) groups is 1. The monoisotopic (exact) mass is 257 g/mol. The van der Waals surface area contributed by atoms with E-state index < -0.39 is 5.97 Å². The van der Waals surface area contributed by atoms with E-state index in [1.54, 1.807) is 23.6 Å². The van der Waals surface area contributed by atoms with Gasteiger partial charge in [0.25, 0.3) is 5.56 Å². The second-order valence-corrected chi connectivity index (χ2v) is 4.00. The van der Waals surface area contributed by atoms with Crippen molar-refractivity contribution in [3.8, 4) is 0 Å². The number of aromatic nitrogens is 1. The lowest BCUT2D eigenvalue weighted by Gasteiger charge is -2.06. The quantitative estimate of drug-likeness (QED) is 0.622. The molecule has 0 bridgehead atoms. The highest BCUT2D eigenvalue weighted by molar-refractivity contribution is 5.82. The molecule has 0 aliphatic heterocycles. The molecule has 1 aromatic heterocycles. The number of nitrogens with zero attached hydrogens (tertiary/aromatic N) is 1. The minimum absolute atomic E-state index is 0.0905. The maximum atomic E-state index is 11.8. The van der Waals surface area contributed by atoms with E-state index in [4.69, 9.17) is 4.74 Å². The maximum absolute atomic E-state index is 11.8. The molecule has 0 saturated heterocycles.